The van der Waals surface area contributed by atoms with Crippen LogP contribution in [0.5, 0.6) is 0 Å². The first kappa shape index (κ1) is 16.8. The minimum absolute atomic E-state index is 0.533. The van der Waals surface area contributed by atoms with Gasteiger partial charge in [0, 0.05) is 31.9 Å². The lowest BCUT2D eigenvalue weighted by atomic mass is 10.2. The number of aromatic nitrogens is 1. The molecule has 0 aromatic carbocycles. The van der Waals surface area contributed by atoms with Crippen LogP contribution in [0.1, 0.15) is 22.8 Å². The number of guanidine groups is 1. The van der Waals surface area contributed by atoms with Crippen molar-refractivity contribution in [3.63, 3.8) is 0 Å². The molecule has 0 aliphatic heterocycles. The molecule has 7 heteroatoms. The molecule has 0 saturated heterocycles. The molecule has 0 radical (unpaired) electrons. The minimum atomic E-state index is 0.533. The third-order valence-corrected chi connectivity index (χ3v) is 4.31. The first-order valence-corrected chi connectivity index (χ1v) is 7.68. The van der Waals surface area contributed by atoms with Gasteiger partial charge in [0.15, 0.2) is 5.96 Å². The predicted octanol–water partition coefficient (Wildman–Crippen LogP) is 3.41. The SMILES string of the molecule is CN=C(NCc1cc(C)oc1C)NCc1cc(Cl)c(Cl)n1C. The van der Waals surface area contributed by atoms with Gasteiger partial charge in [0.25, 0.3) is 0 Å². The molecule has 0 unspecified atom stereocenters. The van der Waals surface area contributed by atoms with Crippen molar-refractivity contribution in [3.8, 4) is 0 Å². The molecule has 2 aromatic rings. The second-order valence-corrected chi connectivity index (χ2v) is 5.82. The Labute approximate surface area is 140 Å². The lowest BCUT2D eigenvalue weighted by molar-refractivity contribution is 0.500. The molecule has 0 fully saturated rings. The van der Waals surface area contributed by atoms with Gasteiger partial charge in [0.05, 0.1) is 11.6 Å². The minimum Gasteiger partial charge on any atom is -0.466 e. The molecule has 0 atom stereocenters. The molecule has 0 amide bonds. The average molecular weight is 343 g/mol. The van der Waals surface area contributed by atoms with Crippen LogP contribution < -0.4 is 10.6 Å². The third kappa shape index (κ3) is 3.78. The van der Waals surface area contributed by atoms with E-state index in [0.717, 1.165) is 22.8 Å². The fourth-order valence-corrected chi connectivity index (χ4v) is 2.61. The molecule has 2 N–H and O–H groups in total. The summed E-state index contributed by atoms with van der Waals surface area (Å²) in [7, 11) is 3.60. The Morgan fingerprint density at radius 1 is 1.23 bits per heavy atom. The molecular formula is C15H20Cl2N4O. The zero-order valence-electron chi connectivity index (χ0n) is 13.1. The summed E-state index contributed by atoms with van der Waals surface area (Å²) in [4.78, 5) is 4.20. The van der Waals surface area contributed by atoms with Crippen molar-refractivity contribution < 1.29 is 4.42 Å². The maximum Gasteiger partial charge on any atom is 0.191 e. The Morgan fingerprint density at radius 3 is 2.41 bits per heavy atom. The number of nitrogens with zero attached hydrogens (tertiary/aromatic N) is 2. The quantitative estimate of drug-likeness (QED) is 0.661. The van der Waals surface area contributed by atoms with E-state index < -0.39 is 0 Å². The monoisotopic (exact) mass is 342 g/mol. The average Bonchev–Trinajstić information content (AvgIpc) is 2.93. The molecule has 2 rings (SSSR count). The molecule has 0 bridgehead atoms. The summed E-state index contributed by atoms with van der Waals surface area (Å²) >= 11 is 12.1. The lowest BCUT2D eigenvalue weighted by Crippen LogP contribution is -2.36. The maximum absolute atomic E-state index is 6.06. The van der Waals surface area contributed by atoms with Gasteiger partial charge in [0.2, 0.25) is 0 Å². The van der Waals surface area contributed by atoms with Crippen LogP contribution in [0.2, 0.25) is 10.2 Å². The van der Waals surface area contributed by atoms with E-state index in [9.17, 15) is 0 Å². The highest BCUT2D eigenvalue weighted by molar-refractivity contribution is 6.41. The molecule has 2 heterocycles. The highest BCUT2D eigenvalue weighted by Crippen LogP contribution is 2.24. The number of aryl methyl sites for hydroxylation is 2. The van der Waals surface area contributed by atoms with Crippen LogP contribution in [0.4, 0.5) is 0 Å². The van der Waals surface area contributed by atoms with Crippen molar-refractivity contribution in [1.29, 1.82) is 0 Å². The number of furan rings is 1. The summed E-state index contributed by atoms with van der Waals surface area (Å²) in [6.45, 7) is 5.12. The lowest BCUT2D eigenvalue weighted by Gasteiger charge is -2.12. The van der Waals surface area contributed by atoms with Gasteiger partial charge >= 0.3 is 0 Å². The standard InChI is InChI=1S/C15H20Cl2N4O/c1-9-5-11(10(2)22-9)7-19-15(18-3)20-8-12-6-13(16)14(17)21(12)4/h5-6H,7-8H2,1-4H3,(H2,18,19,20). The smallest absolute Gasteiger partial charge is 0.191 e. The topological polar surface area (TPSA) is 54.5 Å². The fraction of sp³-hybridized carbons (Fsp3) is 0.400. The molecule has 5 nitrogen and oxygen atoms in total. The van der Waals surface area contributed by atoms with Gasteiger partial charge in [0.1, 0.15) is 16.7 Å². The molecule has 0 aliphatic carbocycles. The van der Waals surface area contributed by atoms with Crippen LogP contribution in [0.25, 0.3) is 0 Å². The van der Waals surface area contributed by atoms with Crippen LogP contribution >= 0.6 is 23.2 Å². The van der Waals surface area contributed by atoms with Crippen molar-refractivity contribution in [2.75, 3.05) is 7.05 Å². The number of rotatable bonds is 4. The van der Waals surface area contributed by atoms with E-state index in [1.165, 1.54) is 0 Å². The normalized spacial score (nSPS) is 11.8. The van der Waals surface area contributed by atoms with Gasteiger partial charge in [-0.1, -0.05) is 23.2 Å². The second-order valence-electron chi connectivity index (χ2n) is 5.05. The Hall–Kier alpha value is -1.59. The Balaban J connectivity index is 1.93. The van der Waals surface area contributed by atoms with Gasteiger partial charge in [-0.15, -0.1) is 0 Å². The van der Waals surface area contributed by atoms with Crippen LogP contribution in [0, 0.1) is 13.8 Å². The Bertz CT molecular complexity index is 688. The van der Waals surface area contributed by atoms with Crippen molar-refractivity contribution in [3.05, 3.63) is 45.1 Å². The van der Waals surface area contributed by atoms with E-state index in [1.54, 1.807) is 7.05 Å². The van der Waals surface area contributed by atoms with Gasteiger partial charge in [-0.2, -0.15) is 0 Å². The summed E-state index contributed by atoms with van der Waals surface area (Å²) in [5.74, 6) is 2.53. The molecule has 2 aromatic heterocycles. The summed E-state index contributed by atoms with van der Waals surface area (Å²) in [6.07, 6.45) is 0. The molecule has 22 heavy (non-hydrogen) atoms. The molecule has 0 spiro atoms. The molecular weight excluding hydrogens is 323 g/mol. The van der Waals surface area contributed by atoms with E-state index >= 15 is 0 Å². The van der Waals surface area contributed by atoms with E-state index in [0.29, 0.717) is 29.2 Å². The number of hydrogen-bond donors (Lipinski definition) is 2. The van der Waals surface area contributed by atoms with E-state index in [-0.39, 0.29) is 0 Å². The summed E-state index contributed by atoms with van der Waals surface area (Å²) in [5, 5.41) is 7.57. The van der Waals surface area contributed by atoms with Crippen LogP contribution in [0.15, 0.2) is 21.5 Å². The summed E-state index contributed by atoms with van der Waals surface area (Å²) in [6, 6.07) is 3.86. The zero-order chi connectivity index (χ0) is 16.3. The van der Waals surface area contributed by atoms with Crippen molar-refractivity contribution in [2.45, 2.75) is 26.9 Å². The van der Waals surface area contributed by atoms with Gasteiger partial charge < -0.3 is 19.6 Å². The van der Waals surface area contributed by atoms with E-state index in [1.807, 2.05) is 37.6 Å². The summed E-state index contributed by atoms with van der Waals surface area (Å²) < 4.78 is 7.35. The number of aliphatic imine (C=N–C) groups is 1. The van der Waals surface area contributed by atoms with Gasteiger partial charge in [-0.3, -0.25) is 4.99 Å². The fourth-order valence-electron chi connectivity index (χ4n) is 2.19. The first-order valence-electron chi connectivity index (χ1n) is 6.92. The Kier molecular flexibility index (Phi) is 5.42. The van der Waals surface area contributed by atoms with Crippen LogP contribution in [-0.2, 0) is 20.1 Å². The van der Waals surface area contributed by atoms with Crippen molar-refractivity contribution in [2.24, 2.45) is 12.0 Å². The van der Waals surface area contributed by atoms with E-state index in [2.05, 4.69) is 15.6 Å². The third-order valence-electron chi connectivity index (χ3n) is 3.47. The van der Waals surface area contributed by atoms with Gasteiger partial charge in [-0.05, 0) is 26.0 Å². The highest BCUT2D eigenvalue weighted by atomic mass is 35.5. The molecule has 0 aliphatic rings. The van der Waals surface area contributed by atoms with Crippen molar-refractivity contribution in [1.82, 2.24) is 15.2 Å². The second kappa shape index (κ2) is 7.11. The Morgan fingerprint density at radius 2 is 1.91 bits per heavy atom. The number of hydrogen-bond acceptors (Lipinski definition) is 2. The molecule has 0 saturated carbocycles. The maximum atomic E-state index is 6.06. The largest absolute Gasteiger partial charge is 0.466 e. The zero-order valence-corrected chi connectivity index (χ0v) is 14.6. The first-order chi connectivity index (χ1) is 10.4. The van der Waals surface area contributed by atoms with E-state index in [4.69, 9.17) is 27.6 Å². The predicted molar refractivity (Wildman–Crippen MR) is 90.7 cm³/mol. The van der Waals surface area contributed by atoms with Crippen LogP contribution in [0.3, 0.4) is 0 Å². The van der Waals surface area contributed by atoms with Crippen molar-refractivity contribution >= 4 is 29.2 Å². The number of nitrogens with one attached hydrogen (secondary N) is 2. The highest BCUT2D eigenvalue weighted by Gasteiger charge is 2.10. The van der Waals surface area contributed by atoms with Gasteiger partial charge in [-0.25, -0.2) is 0 Å². The van der Waals surface area contributed by atoms with Crippen LogP contribution in [-0.4, -0.2) is 17.6 Å². The number of halogens is 2. The summed E-state index contributed by atoms with van der Waals surface area (Å²) in [5.41, 5.74) is 2.10. The molecule has 120 valence electrons.